The molecule has 8 heteroatoms. The molecule has 0 fully saturated rings. The molecule has 0 unspecified atom stereocenters. The van der Waals surface area contributed by atoms with Crippen LogP contribution in [0.15, 0.2) is 58.2 Å². The van der Waals surface area contributed by atoms with Crippen LogP contribution in [0.25, 0.3) is 11.5 Å². The number of thioether (sulfide) groups is 1. The second kappa shape index (κ2) is 8.39. The van der Waals surface area contributed by atoms with E-state index in [9.17, 15) is 4.79 Å². The summed E-state index contributed by atoms with van der Waals surface area (Å²) < 4.78 is 21.0. The molecule has 0 atom stereocenters. The molecular weight excluding hydrogens is 356 g/mol. The number of hydrogen-bond donors (Lipinski definition) is 0. The van der Waals surface area contributed by atoms with Gasteiger partial charge in [0.2, 0.25) is 5.89 Å². The van der Waals surface area contributed by atoms with Crippen molar-refractivity contribution >= 4 is 17.7 Å². The molecule has 2 aromatic carbocycles. The SMILES string of the molecule is COc1ccc(-c2nnc(SCC(=O)Oc3cccc(OC)c3)o2)cc1. The number of carbonyl (C=O) groups is 1. The maximum atomic E-state index is 11.9. The minimum Gasteiger partial charge on any atom is -0.497 e. The Morgan fingerprint density at radius 1 is 1.00 bits per heavy atom. The monoisotopic (exact) mass is 372 g/mol. The summed E-state index contributed by atoms with van der Waals surface area (Å²) >= 11 is 1.11. The number of ether oxygens (including phenoxy) is 3. The first-order valence-electron chi connectivity index (χ1n) is 7.63. The summed E-state index contributed by atoms with van der Waals surface area (Å²) in [7, 11) is 3.15. The van der Waals surface area contributed by atoms with Crippen molar-refractivity contribution in [3.05, 3.63) is 48.5 Å². The van der Waals surface area contributed by atoms with Crippen LogP contribution in [0.3, 0.4) is 0 Å². The van der Waals surface area contributed by atoms with Gasteiger partial charge in [0.25, 0.3) is 5.22 Å². The summed E-state index contributed by atoms with van der Waals surface area (Å²) in [5.74, 6) is 1.76. The molecule has 0 bridgehead atoms. The molecule has 0 radical (unpaired) electrons. The Kier molecular flexibility index (Phi) is 5.75. The van der Waals surface area contributed by atoms with Crippen molar-refractivity contribution in [2.45, 2.75) is 5.22 Å². The number of carbonyl (C=O) groups excluding carboxylic acids is 1. The summed E-state index contributed by atoms with van der Waals surface area (Å²) in [6.07, 6.45) is 0. The third-order valence-corrected chi connectivity index (χ3v) is 4.12. The lowest BCUT2D eigenvalue weighted by Crippen LogP contribution is -2.10. The average Bonchev–Trinajstić information content (AvgIpc) is 3.15. The summed E-state index contributed by atoms with van der Waals surface area (Å²) in [6, 6.07) is 14.1. The molecule has 134 valence electrons. The van der Waals surface area contributed by atoms with E-state index in [0.717, 1.165) is 23.1 Å². The highest BCUT2D eigenvalue weighted by Crippen LogP contribution is 2.25. The Labute approximate surface area is 154 Å². The van der Waals surface area contributed by atoms with Gasteiger partial charge in [-0.05, 0) is 36.4 Å². The largest absolute Gasteiger partial charge is 0.497 e. The van der Waals surface area contributed by atoms with Crippen LogP contribution in [0.1, 0.15) is 0 Å². The number of benzene rings is 2. The van der Waals surface area contributed by atoms with E-state index in [1.807, 2.05) is 12.1 Å². The zero-order valence-electron chi connectivity index (χ0n) is 14.2. The molecule has 7 nitrogen and oxygen atoms in total. The molecule has 0 saturated heterocycles. The van der Waals surface area contributed by atoms with Gasteiger partial charge in [-0.2, -0.15) is 0 Å². The second-order valence-electron chi connectivity index (χ2n) is 5.04. The molecule has 3 aromatic rings. The fourth-order valence-electron chi connectivity index (χ4n) is 2.06. The van der Waals surface area contributed by atoms with Gasteiger partial charge < -0.3 is 18.6 Å². The zero-order chi connectivity index (χ0) is 18.4. The highest BCUT2D eigenvalue weighted by Gasteiger charge is 2.13. The maximum Gasteiger partial charge on any atom is 0.321 e. The molecule has 1 heterocycles. The molecule has 0 aliphatic rings. The smallest absolute Gasteiger partial charge is 0.321 e. The summed E-state index contributed by atoms with van der Waals surface area (Å²) in [5.41, 5.74) is 0.768. The minimum absolute atomic E-state index is 0.0431. The van der Waals surface area contributed by atoms with Crippen molar-refractivity contribution in [3.63, 3.8) is 0 Å². The lowest BCUT2D eigenvalue weighted by atomic mass is 10.2. The van der Waals surface area contributed by atoms with Crippen molar-refractivity contribution < 1.29 is 23.4 Å². The van der Waals surface area contributed by atoms with Gasteiger partial charge in [-0.1, -0.05) is 17.8 Å². The van der Waals surface area contributed by atoms with Crippen molar-refractivity contribution in [3.8, 4) is 28.7 Å². The third kappa shape index (κ3) is 4.54. The predicted octanol–water partition coefficient (Wildman–Crippen LogP) is 3.45. The van der Waals surface area contributed by atoms with Crippen molar-refractivity contribution in [2.75, 3.05) is 20.0 Å². The number of aromatic nitrogens is 2. The van der Waals surface area contributed by atoms with Crippen LogP contribution < -0.4 is 14.2 Å². The molecule has 0 spiro atoms. The van der Waals surface area contributed by atoms with E-state index >= 15 is 0 Å². The normalized spacial score (nSPS) is 10.4. The van der Waals surface area contributed by atoms with Gasteiger partial charge in [0, 0.05) is 11.6 Å². The van der Waals surface area contributed by atoms with E-state index in [2.05, 4.69) is 10.2 Å². The molecule has 0 saturated carbocycles. The first-order chi connectivity index (χ1) is 12.7. The Morgan fingerprint density at radius 2 is 1.73 bits per heavy atom. The summed E-state index contributed by atoms with van der Waals surface area (Å²) in [4.78, 5) is 11.9. The van der Waals surface area contributed by atoms with E-state index in [-0.39, 0.29) is 5.75 Å². The van der Waals surface area contributed by atoms with Crippen LogP contribution in [-0.2, 0) is 4.79 Å². The van der Waals surface area contributed by atoms with Crippen LogP contribution in [0.5, 0.6) is 17.2 Å². The lowest BCUT2D eigenvalue weighted by molar-refractivity contribution is -0.131. The van der Waals surface area contributed by atoms with Crippen LogP contribution >= 0.6 is 11.8 Å². The van der Waals surface area contributed by atoms with Crippen molar-refractivity contribution in [2.24, 2.45) is 0 Å². The minimum atomic E-state index is -0.424. The molecule has 0 N–H and O–H groups in total. The maximum absolute atomic E-state index is 11.9. The Balaban J connectivity index is 1.56. The van der Waals surface area contributed by atoms with E-state index in [0.29, 0.717) is 22.6 Å². The molecule has 0 aliphatic carbocycles. The summed E-state index contributed by atoms with van der Waals surface area (Å²) in [6.45, 7) is 0. The van der Waals surface area contributed by atoms with Crippen LogP contribution in [-0.4, -0.2) is 36.1 Å². The van der Waals surface area contributed by atoms with E-state index in [4.69, 9.17) is 18.6 Å². The lowest BCUT2D eigenvalue weighted by Gasteiger charge is -2.05. The standard InChI is InChI=1S/C18H16N2O5S/c1-22-13-8-6-12(7-9-13)17-19-20-18(25-17)26-11-16(21)24-15-5-3-4-14(10-15)23-2/h3-10H,11H2,1-2H3. The van der Waals surface area contributed by atoms with Crippen LogP contribution in [0.4, 0.5) is 0 Å². The van der Waals surface area contributed by atoms with Crippen molar-refractivity contribution in [1.82, 2.24) is 10.2 Å². The van der Waals surface area contributed by atoms with Gasteiger partial charge in [-0.25, -0.2) is 0 Å². The average molecular weight is 372 g/mol. The van der Waals surface area contributed by atoms with Crippen LogP contribution in [0.2, 0.25) is 0 Å². The fraction of sp³-hybridized carbons (Fsp3) is 0.167. The number of nitrogens with zero attached hydrogens (tertiary/aromatic N) is 2. The predicted molar refractivity (Wildman–Crippen MR) is 95.6 cm³/mol. The van der Waals surface area contributed by atoms with Crippen LogP contribution in [0, 0.1) is 0 Å². The third-order valence-electron chi connectivity index (χ3n) is 3.33. The molecule has 1 aromatic heterocycles. The van der Waals surface area contributed by atoms with Gasteiger partial charge in [0.1, 0.15) is 23.0 Å². The van der Waals surface area contributed by atoms with Gasteiger partial charge in [0.05, 0.1) is 14.2 Å². The number of rotatable bonds is 7. The first kappa shape index (κ1) is 17.8. The molecule has 0 aliphatic heterocycles. The highest BCUT2D eigenvalue weighted by atomic mass is 32.2. The summed E-state index contributed by atoms with van der Waals surface area (Å²) in [5, 5.41) is 8.20. The number of hydrogen-bond acceptors (Lipinski definition) is 8. The Bertz CT molecular complexity index is 879. The van der Waals surface area contributed by atoms with Gasteiger partial charge >= 0.3 is 5.97 Å². The number of methoxy groups -OCH3 is 2. The fourth-order valence-corrected chi connectivity index (χ4v) is 2.60. The Morgan fingerprint density at radius 3 is 2.46 bits per heavy atom. The quantitative estimate of drug-likeness (QED) is 0.354. The first-order valence-corrected chi connectivity index (χ1v) is 8.62. The van der Waals surface area contributed by atoms with Gasteiger partial charge in [-0.15, -0.1) is 10.2 Å². The van der Waals surface area contributed by atoms with E-state index in [1.165, 1.54) is 0 Å². The van der Waals surface area contributed by atoms with Gasteiger partial charge in [0.15, 0.2) is 0 Å². The van der Waals surface area contributed by atoms with Crippen molar-refractivity contribution in [1.29, 1.82) is 0 Å². The number of esters is 1. The zero-order valence-corrected chi connectivity index (χ0v) is 15.0. The molecule has 0 amide bonds. The molecule has 26 heavy (non-hydrogen) atoms. The molecule has 3 rings (SSSR count). The van der Waals surface area contributed by atoms with E-state index < -0.39 is 5.97 Å². The van der Waals surface area contributed by atoms with E-state index in [1.54, 1.807) is 50.6 Å². The highest BCUT2D eigenvalue weighted by molar-refractivity contribution is 7.99. The Hall–Kier alpha value is -3.00. The second-order valence-corrected chi connectivity index (χ2v) is 5.97. The van der Waals surface area contributed by atoms with Gasteiger partial charge in [-0.3, -0.25) is 4.79 Å². The molecular formula is C18H16N2O5S. The topological polar surface area (TPSA) is 83.7 Å².